The number of carbonyl (C=O) groups is 2. The van der Waals surface area contributed by atoms with E-state index in [4.69, 9.17) is 44.8 Å². The first-order chi connectivity index (χ1) is 25.4. The van der Waals surface area contributed by atoms with Gasteiger partial charge in [0.05, 0.1) is 21.5 Å². The van der Waals surface area contributed by atoms with Crippen LogP contribution in [-0.4, -0.2) is 53.7 Å². The summed E-state index contributed by atoms with van der Waals surface area (Å²) in [6.07, 6.45) is 5.35. The number of nitrogens with one attached hydrogen (secondary N) is 3. The number of imidazole rings is 1. The van der Waals surface area contributed by atoms with Crippen molar-refractivity contribution in [3.63, 3.8) is 0 Å². The number of nitrogens with zero attached hydrogens (tertiary/aromatic N) is 6. The number of benzene rings is 3. The van der Waals surface area contributed by atoms with Gasteiger partial charge in [-0.05, 0) is 66.8 Å². The Hall–Kier alpha value is -5.24. The van der Waals surface area contributed by atoms with Gasteiger partial charge in [0.15, 0.2) is 0 Å². The molecule has 0 spiro atoms. The average Bonchev–Trinajstić information content (AvgIpc) is 3.68. The number of halogens is 3. The normalized spacial score (nSPS) is 11.6. The number of rotatable bonds is 16. The first-order valence-electron chi connectivity index (χ1n) is 16.8. The minimum atomic E-state index is -0.836. The number of nitro benzene ring substituents is 1. The molecule has 3 aromatic carbocycles. The first kappa shape index (κ1) is 39.0. The molecule has 13 nitrogen and oxygen atoms in total. The maximum atomic E-state index is 14.7. The van der Waals surface area contributed by atoms with E-state index in [9.17, 15) is 19.7 Å². The second kappa shape index (κ2) is 18.0. The number of nitro groups is 1. The van der Waals surface area contributed by atoms with Gasteiger partial charge >= 0.3 is 0 Å². The minimum absolute atomic E-state index is 0.0589. The van der Waals surface area contributed by atoms with Crippen LogP contribution in [0.1, 0.15) is 54.2 Å². The van der Waals surface area contributed by atoms with E-state index in [1.165, 1.54) is 18.2 Å². The Morgan fingerprint density at radius 2 is 1.70 bits per heavy atom. The van der Waals surface area contributed by atoms with E-state index in [0.29, 0.717) is 46.2 Å². The maximum absolute atomic E-state index is 14.7. The van der Waals surface area contributed by atoms with Crippen molar-refractivity contribution < 1.29 is 14.5 Å². The zero-order chi connectivity index (χ0) is 38.1. The highest BCUT2D eigenvalue weighted by molar-refractivity contribution is 6.42. The Kier molecular flexibility index (Phi) is 13.2. The molecule has 2 aromatic heterocycles. The molecule has 0 fully saturated rings. The molecule has 276 valence electrons. The summed E-state index contributed by atoms with van der Waals surface area (Å²) >= 11 is 18.5. The predicted octanol–water partition coefficient (Wildman–Crippen LogP) is 7.95. The fourth-order valence-electron chi connectivity index (χ4n) is 5.53. The molecule has 5 rings (SSSR count). The van der Waals surface area contributed by atoms with Crippen LogP contribution < -0.4 is 16.0 Å². The molecule has 53 heavy (non-hydrogen) atoms. The molecular weight excluding hydrogens is 741 g/mol. The van der Waals surface area contributed by atoms with Gasteiger partial charge in [-0.15, -0.1) is 0 Å². The lowest BCUT2D eigenvalue weighted by molar-refractivity contribution is -0.385. The molecule has 16 heteroatoms. The summed E-state index contributed by atoms with van der Waals surface area (Å²) in [6, 6.07) is 17.5. The molecule has 0 radical (unpaired) electrons. The predicted molar refractivity (Wildman–Crippen MR) is 207 cm³/mol. The fourth-order valence-corrected chi connectivity index (χ4v) is 5.97. The molecule has 0 aliphatic rings. The Balaban J connectivity index is 1.49. The summed E-state index contributed by atoms with van der Waals surface area (Å²) in [6.45, 7) is 6.48. The van der Waals surface area contributed by atoms with Gasteiger partial charge in [0.2, 0.25) is 11.9 Å². The summed E-state index contributed by atoms with van der Waals surface area (Å²) in [5.74, 6) is 0.431. The standard InChI is InChI=1S/C37H38Cl3N9O4/c1-4-42-35(50)26-8-9-27(32(17-26)49(52)53)21-48(20-24-5-10-28(38)11-6-24)36(51)31(15-23(2)3)44-37-45-33(18-34(46-37)47-14-13-41-22-47)43-19-25-7-12-29(39)30(40)16-25/h5-14,16-18,22-23,31H,4,15,19-21H2,1-3H3,(H,42,50)(H2,43,44,45,46). The Bertz CT molecular complexity index is 2060. The maximum Gasteiger partial charge on any atom is 0.275 e. The van der Waals surface area contributed by atoms with Crippen molar-refractivity contribution in [3.8, 4) is 5.82 Å². The number of hydrogen-bond acceptors (Lipinski definition) is 9. The second-order valence-electron chi connectivity index (χ2n) is 12.6. The van der Waals surface area contributed by atoms with Crippen LogP contribution in [0.15, 0.2) is 85.5 Å². The molecular formula is C37H38Cl3N9O4. The molecule has 1 atom stereocenters. The van der Waals surface area contributed by atoms with Crippen molar-refractivity contribution in [1.29, 1.82) is 0 Å². The van der Waals surface area contributed by atoms with Crippen LogP contribution in [-0.2, 0) is 24.4 Å². The highest BCUT2D eigenvalue weighted by atomic mass is 35.5. The Morgan fingerprint density at radius 1 is 0.943 bits per heavy atom. The van der Waals surface area contributed by atoms with E-state index in [1.54, 1.807) is 77.6 Å². The number of anilines is 2. The molecule has 1 unspecified atom stereocenters. The number of aromatic nitrogens is 4. The highest BCUT2D eigenvalue weighted by Gasteiger charge is 2.29. The molecule has 0 saturated heterocycles. The number of carbonyl (C=O) groups excluding carboxylic acids is 2. The SMILES string of the molecule is CCNC(=O)c1ccc(CN(Cc2ccc(Cl)cc2)C(=O)C(CC(C)C)Nc2nc(NCc3ccc(Cl)c(Cl)c3)cc(-n3ccnc3)n2)c([N+](=O)[O-])c1. The van der Waals surface area contributed by atoms with Gasteiger partial charge in [0, 0.05) is 60.3 Å². The van der Waals surface area contributed by atoms with Crippen LogP contribution in [0.25, 0.3) is 5.82 Å². The molecule has 0 saturated carbocycles. The molecule has 0 aliphatic carbocycles. The molecule has 5 aromatic rings. The van der Waals surface area contributed by atoms with E-state index >= 15 is 0 Å². The van der Waals surface area contributed by atoms with Crippen LogP contribution in [0.3, 0.4) is 0 Å². The molecule has 0 aliphatic heterocycles. The Morgan fingerprint density at radius 3 is 2.36 bits per heavy atom. The summed E-state index contributed by atoms with van der Waals surface area (Å²) in [4.78, 5) is 54.0. The van der Waals surface area contributed by atoms with E-state index in [1.807, 2.05) is 19.9 Å². The fraction of sp³-hybridized carbons (Fsp3) is 0.270. The highest BCUT2D eigenvalue weighted by Crippen LogP contribution is 2.27. The van der Waals surface area contributed by atoms with Crippen molar-refractivity contribution in [2.75, 3.05) is 17.2 Å². The molecule has 2 heterocycles. The minimum Gasteiger partial charge on any atom is -0.366 e. The van der Waals surface area contributed by atoms with Crippen LogP contribution >= 0.6 is 34.8 Å². The number of hydrogen-bond donors (Lipinski definition) is 3. The smallest absolute Gasteiger partial charge is 0.275 e. The molecule has 0 bridgehead atoms. The monoisotopic (exact) mass is 777 g/mol. The second-order valence-corrected chi connectivity index (χ2v) is 13.9. The zero-order valence-electron chi connectivity index (χ0n) is 29.2. The van der Waals surface area contributed by atoms with Crippen LogP contribution in [0.4, 0.5) is 17.5 Å². The summed E-state index contributed by atoms with van der Waals surface area (Å²) < 4.78 is 1.72. The van der Waals surface area contributed by atoms with Crippen molar-refractivity contribution in [2.45, 2.75) is 52.9 Å². The average molecular weight is 779 g/mol. The summed E-state index contributed by atoms with van der Waals surface area (Å²) in [5, 5.41) is 22.9. The van der Waals surface area contributed by atoms with Gasteiger partial charge in [-0.3, -0.25) is 24.3 Å². The summed E-state index contributed by atoms with van der Waals surface area (Å²) in [5.41, 5.74) is 1.77. The van der Waals surface area contributed by atoms with Crippen molar-refractivity contribution >= 4 is 64.1 Å². The lowest BCUT2D eigenvalue weighted by atomic mass is 10.0. The van der Waals surface area contributed by atoms with Gasteiger partial charge in [-0.1, -0.05) is 66.8 Å². The topological polar surface area (TPSA) is 160 Å². The quantitative estimate of drug-likeness (QED) is 0.0667. The van der Waals surface area contributed by atoms with Gasteiger partial charge in [-0.2, -0.15) is 9.97 Å². The third kappa shape index (κ3) is 10.7. The van der Waals surface area contributed by atoms with Crippen LogP contribution in [0.2, 0.25) is 15.1 Å². The lowest BCUT2D eigenvalue weighted by Gasteiger charge is -2.29. The molecule has 2 amide bonds. The van der Waals surface area contributed by atoms with Gasteiger partial charge in [-0.25, -0.2) is 4.98 Å². The van der Waals surface area contributed by atoms with E-state index in [2.05, 4.69) is 20.9 Å². The largest absolute Gasteiger partial charge is 0.366 e. The van der Waals surface area contributed by atoms with Gasteiger partial charge in [0.1, 0.15) is 24.0 Å². The van der Waals surface area contributed by atoms with Crippen molar-refractivity contribution in [2.24, 2.45) is 5.92 Å². The van der Waals surface area contributed by atoms with Crippen molar-refractivity contribution in [3.05, 3.63) is 133 Å². The molecule has 3 N–H and O–H groups in total. The lowest BCUT2D eigenvalue weighted by Crippen LogP contribution is -2.43. The van der Waals surface area contributed by atoms with Crippen LogP contribution in [0.5, 0.6) is 0 Å². The third-order valence-electron chi connectivity index (χ3n) is 8.09. The zero-order valence-corrected chi connectivity index (χ0v) is 31.5. The van der Waals surface area contributed by atoms with Gasteiger partial charge < -0.3 is 20.9 Å². The first-order valence-corrected chi connectivity index (χ1v) is 17.9. The summed E-state index contributed by atoms with van der Waals surface area (Å²) in [7, 11) is 0. The van der Waals surface area contributed by atoms with Crippen molar-refractivity contribution in [1.82, 2.24) is 29.7 Å². The van der Waals surface area contributed by atoms with E-state index in [0.717, 1.165) is 11.1 Å². The van der Waals surface area contributed by atoms with E-state index in [-0.39, 0.29) is 47.7 Å². The third-order valence-corrected chi connectivity index (χ3v) is 9.08. The Labute approximate surface area is 321 Å². The van der Waals surface area contributed by atoms with Gasteiger partial charge in [0.25, 0.3) is 11.6 Å². The van der Waals surface area contributed by atoms with E-state index < -0.39 is 16.9 Å². The number of amides is 2. The van der Waals surface area contributed by atoms with Crippen LogP contribution in [0, 0.1) is 16.0 Å².